The maximum atomic E-state index is 12.7. The summed E-state index contributed by atoms with van der Waals surface area (Å²) in [6.45, 7) is 1.95. The van der Waals surface area contributed by atoms with Crippen molar-refractivity contribution in [1.29, 1.82) is 0 Å². The molecule has 3 rings (SSSR count). The zero-order chi connectivity index (χ0) is 15.7. The number of halogens is 3. The van der Waals surface area contributed by atoms with Crippen LogP contribution in [0.25, 0.3) is 22.8 Å². The average molecular weight is 304 g/mol. The molecule has 3 nitrogen and oxygen atoms in total. The van der Waals surface area contributed by atoms with Crippen LogP contribution in [0.15, 0.2) is 53.1 Å². The van der Waals surface area contributed by atoms with E-state index >= 15 is 0 Å². The van der Waals surface area contributed by atoms with E-state index in [2.05, 4.69) is 10.1 Å². The van der Waals surface area contributed by atoms with Gasteiger partial charge in [-0.3, -0.25) is 0 Å². The Morgan fingerprint density at radius 1 is 0.955 bits per heavy atom. The first-order valence-corrected chi connectivity index (χ1v) is 6.52. The lowest BCUT2D eigenvalue weighted by Crippen LogP contribution is -2.04. The van der Waals surface area contributed by atoms with Crippen molar-refractivity contribution in [3.63, 3.8) is 0 Å². The van der Waals surface area contributed by atoms with Crippen molar-refractivity contribution in [2.45, 2.75) is 13.1 Å². The van der Waals surface area contributed by atoms with Gasteiger partial charge in [0.25, 0.3) is 5.89 Å². The standard InChI is InChI=1S/C16H11F3N2O/c1-10-5-7-11(8-6-10)15-20-14(21-22-15)12-3-2-4-13(9-12)16(17,18)19/h2-9H,1H3. The topological polar surface area (TPSA) is 38.9 Å². The Hall–Kier alpha value is -2.63. The minimum absolute atomic E-state index is 0.127. The van der Waals surface area contributed by atoms with Crippen LogP contribution in [0.3, 0.4) is 0 Å². The van der Waals surface area contributed by atoms with E-state index in [1.807, 2.05) is 31.2 Å². The fourth-order valence-electron chi connectivity index (χ4n) is 1.99. The van der Waals surface area contributed by atoms with Crippen LogP contribution in [0.1, 0.15) is 11.1 Å². The predicted molar refractivity (Wildman–Crippen MR) is 74.9 cm³/mol. The largest absolute Gasteiger partial charge is 0.416 e. The molecule has 6 heteroatoms. The number of hydrogen-bond donors (Lipinski definition) is 0. The van der Waals surface area contributed by atoms with Crippen LogP contribution < -0.4 is 0 Å². The molecule has 0 saturated carbocycles. The minimum atomic E-state index is -4.40. The van der Waals surface area contributed by atoms with E-state index in [0.717, 1.165) is 23.3 Å². The molecule has 0 radical (unpaired) electrons. The van der Waals surface area contributed by atoms with Gasteiger partial charge in [-0.05, 0) is 31.2 Å². The van der Waals surface area contributed by atoms with Crippen LogP contribution in [0.5, 0.6) is 0 Å². The van der Waals surface area contributed by atoms with E-state index < -0.39 is 11.7 Å². The van der Waals surface area contributed by atoms with Crippen molar-refractivity contribution in [3.05, 3.63) is 59.7 Å². The smallest absolute Gasteiger partial charge is 0.334 e. The highest BCUT2D eigenvalue weighted by molar-refractivity contribution is 5.60. The Morgan fingerprint density at radius 2 is 1.68 bits per heavy atom. The summed E-state index contributed by atoms with van der Waals surface area (Å²) in [5, 5.41) is 3.75. The Kier molecular flexibility index (Phi) is 3.44. The van der Waals surface area contributed by atoms with Gasteiger partial charge < -0.3 is 4.52 Å². The summed E-state index contributed by atoms with van der Waals surface area (Å²) in [6, 6.07) is 12.3. The summed E-state index contributed by atoms with van der Waals surface area (Å²) in [4.78, 5) is 4.16. The molecule has 0 aliphatic carbocycles. The van der Waals surface area contributed by atoms with Crippen LogP contribution in [0, 0.1) is 6.92 Å². The molecule has 0 N–H and O–H groups in total. The second kappa shape index (κ2) is 5.29. The highest BCUT2D eigenvalue weighted by Gasteiger charge is 2.30. The van der Waals surface area contributed by atoms with E-state index in [9.17, 15) is 13.2 Å². The van der Waals surface area contributed by atoms with Gasteiger partial charge in [0.05, 0.1) is 5.56 Å². The monoisotopic (exact) mass is 304 g/mol. The van der Waals surface area contributed by atoms with Crippen LogP contribution >= 0.6 is 0 Å². The van der Waals surface area contributed by atoms with Crippen molar-refractivity contribution in [2.75, 3.05) is 0 Å². The van der Waals surface area contributed by atoms with Crippen LogP contribution in [0.2, 0.25) is 0 Å². The first kappa shape index (κ1) is 14.3. The SMILES string of the molecule is Cc1ccc(-c2nc(-c3cccc(C(F)(F)F)c3)no2)cc1. The number of rotatable bonds is 2. The Morgan fingerprint density at radius 3 is 2.36 bits per heavy atom. The van der Waals surface area contributed by atoms with Gasteiger partial charge in [0, 0.05) is 11.1 Å². The van der Waals surface area contributed by atoms with E-state index in [1.165, 1.54) is 12.1 Å². The van der Waals surface area contributed by atoms with Gasteiger partial charge in [0.2, 0.25) is 5.82 Å². The maximum absolute atomic E-state index is 12.7. The third-order valence-corrected chi connectivity index (χ3v) is 3.17. The lowest BCUT2D eigenvalue weighted by molar-refractivity contribution is -0.137. The normalized spacial score (nSPS) is 11.6. The quantitative estimate of drug-likeness (QED) is 0.687. The Bertz CT molecular complexity index is 792. The fraction of sp³-hybridized carbons (Fsp3) is 0.125. The van der Waals surface area contributed by atoms with Gasteiger partial charge in [-0.2, -0.15) is 18.2 Å². The number of hydrogen-bond acceptors (Lipinski definition) is 3. The molecule has 0 atom stereocenters. The molecular formula is C16H11F3N2O. The maximum Gasteiger partial charge on any atom is 0.416 e. The van der Waals surface area contributed by atoms with Gasteiger partial charge in [-0.1, -0.05) is 35.0 Å². The van der Waals surface area contributed by atoms with Gasteiger partial charge in [-0.15, -0.1) is 0 Å². The summed E-state index contributed by atoms with van der Waals surface area (Å²) < 4.78 is 43.3. The molecule has 0 fully saturated rings. The summed E-state index contributed by atoms with van der Waals surface area (Å²) >= 11 is 0. The van der Waals surface area contributed by atoms with Gasteiger partial charge in [0.1, 0.15) is 0 Å². The fourth-order valence-corrected chi connectivity index (χ4v) is 1.99. The molecule has 0 unspecified atom stereocenters. The number of alkyl halides is 3. The van der Waals surface area contributed by atoms with Crippen LogP contribution in [-0.2, 0) is 6.18 Å². The van der Waals surface area contributed by atoms with Crippen molar-refractivity contribution >= 4 is 0 Å². The summed E-state index contributed by atoms with van der Waals surface area (Å²) in [5.74, 6) is 0.397. The van der Waals surface area contributed by atoms with Crippen molar-refractivity contribution < 1.29 is 17.7 Å². The third-order valence-electron chi connectivity index (χ3n) is 3.17. The number of nitrogens with zero attached hydrogens (tertiary/aromatic N) is 2. The molecule has 0 aliphatic rings. The lowest BCUT2D eigenvalue weighted by Gasteiger charge is -2.06. The zero-order valence-corrected chi connectivity index (χ0v) is 11.6. The van der Waals surface area contributed by atoms with Gasteiger partial charge in [0.15, 0.2) is 0 Å². The average Bonchev–Trinajstić information content (AvgIpc) is 2.97. The van der Waals surface area contributed by atoms with E-state index in [4.69, 9.17) is 4.52 Å². The number of benzene rings is 2. The first-order chi connectivity index (χ1) is 10.4. The summed E-state index contributed by atoms with van der Waals surface area (Å²) in [6.07, 6.45) is -4.40. The zero-order valence-electron chi connectivity index (χ0n) is 11.6. The Balaban J connectivity index is 1.96. The van der Waals surface area contributed by atoms with Crippen molar-refractivity contribution in [3.8, 4) is 22.8 Å². The highest BCUT2D eigenvalue weighted by Crippen LogP contribution is 2.32. The third kappa shape index (κ3) is 2.86. The van der Waals surface area contributed by atoms with E-state index in [0.29, 0.717) is 0 Å². The second-order valence-electron chi connectivity index (χ2n) is 4.87. The second-order valence-corrected chi connectivity index (χ2v) is 4.87. The molecule has 22 heavy (non-hydrogen) atoms. The number of aromatic nitrogens is 2. The minimum Gasteiger partial charge on any atom is -0.334 e. The summed E-state index contributed by atoms with van der Waals surface area (Å²) in [7, 11) is 0. The van der Waals surface area contributed by atoms with Crippen LogP contribution in [0.4, 0.5) is 13.2 Å². The molecule has 112 valence electrons. The molecular weight excluding hydrogens is 293 g/mol. The van der Waals surface area contributed by atoms with E-state index in [-0.39, 0.29) is 17.3 Å². The van der Waals surface area contributed by atoms with Gasteiger partial charge in [-0.25, -0.2) is 0 Å². The molecule has 0 amide bonds. The molecule has 0 spiro atoms. The van der Waals surface area contributed by atoms with E-state index in [1.54, 1.807) is 0 Å². The number of aryl methyl sites for hydroxylation is 1. The summed E-state index contributed by atoms with van der Waals surface area (Å²) in [5.41, 5.74) is 1.32. The van der Waals surface area contributed by atoms with Crippen molar-refractivity contribution in [2.24, 2.45) is 0 Å². The molecule has 1 aromatic heterocycles. The van der Waals surface area contributed by atoms with Gasteiger partial charge >= 0.3 is 6.18 Å². The van der Waals surface area contributed by atoms with Crippen LogP contribution in [-0.4, -0.2) is 10.1 Å². The molecule has 0 saturated heterocycles. The Labute approximate surface area is 124 Å². The first-order valence-electron chi connectivity index (χ1n) is 6.52. The highest BCUT2D eigenvalue weighted by atomic mass is 19.4. The molecule has 0 aliphatic heterocycles. The van der Waals surface area contributed by atoms with Crippen molar-refractivity contribution in [1.82, 2.24) is 10.1 Å². The molecule has 2 aromatic carbocycles. The lowest BCUT2D eigenvalue weighted by atomic mass is 10.1. The molecule has 0 bridgehead atoms. The molecule has 1 heterocycles. The molecule has 3 aromatic rings. The predicted octanol–water partition coefficient (Wildman–Crippen LogP) is 4.73.